The molecule has 1 saturated heterocycles. The number of anilines is 1. The summed E-state index contributed by atoms with van der Waals surface area (Å²) in [6.45, 7) is 5.63. The van der Waals surface area contributed by atoms with Crippen LogP contribution in [-0.2, 0) is 17.6 Å². The van der Waals surface area contributed by atoms with Crippen molar-refractivity contribution in [3.8, 4) is 11.3 Å². The molecular weight excluding hydrogens is 549 g/mol. The number of carboxylic acids is 1. The van der Waals surface area contributed by atoms with E-state index in [4.69, 9.17) is 0 Å². The highest BCUT2D eigenvalue weighted by atomic mass is 32.1. The summed E-state index contributed by atoms with van der Waals surface area (Å²) in [4.78, 5) is 34.6. The number of hydrogen-bond donors (Lipinski definition) is 1. The van der Waals surface area contributed by atoms with Crippen LogP contribution in [0.4, 0.5) is 10.1 Å². The number of aromatic nitrogens is 3. The summed E-state index contributed by atoms with van der Waals surface area (Å²) in [5, 5.41) is 16.0. The Bertz CT molecular complexity index is 1570. The molecule has 2 atom stereocenters. The molecule has 1 aromatic carbocycles. The summed E-state index contributed by atoms with van der Waals surface area (Å²) >= 11 is 1.74. The van der Waals surface area contributed by atoms with Gasteiger partial charge in [-0.05, 0) is 67.5 Å². The van der Waals surface area contributed by atoms with E-state index in [1.54, 1.807) is 40.1 Å². The number of amides is 1. The fourth-order valence-corrected chi connectivity index (χ4v) is 6.53. The second-order valence-corrected chi connectivity index (χ2v) is 10.9. The number of carboxylic acid groups (broad SMARTS) is 1. The van der Waals surface area contributed by atoms with Gasteiger partial charge in [-0.15, -0.1) is 11.3 Å². The molecule has 0 saturated carbocycles. The van der Waals surface area contributed by atoms with Gasteiger partial charge in [0, 0.05) is 47.5 Å². The van der Waals surface area contributed by atoms with E-state index >= 15 is 4.39 Å². The Labute approximate surface area is 243 Å². The van der Waals surface area contributed by atoms with Crippen LogP contribution in [0.3, 0.4) is 0 Å². The van der Waals surface area contributed by atoms with Gasteiger partial charge in [0.15, 0.2) is 5.65 Å². The Morgan fingerprint density at radius 1 is 1.18 bits per heavy atom. The first kappa shape index (κ1) is 29.5. The minimum atomic E-state index is -0.822. The molecule has 0 radical (unpaired) electrons. The number of aliphatic carboxylic acids is 1. The van der Waals surface area contributed by atoms with Gasteiger partial charge in [-0.25, -0.2) is 13.9 Å². The predicted molar refractivity (Wildman–Crippen MR) is 160 cm³/mol. The Morgan fingerprint density at radius 3 is 2.67 bits per heavy atom. The smallest absolute Gasteiger partial charge is 0.308 e. The zero-order valence-electron chi connectivity index (χ0n) is 21.7. The van der Waals surface area contributed by atoms with E-state index in [-0.39, 0.29) is 32.9 Å². The number of fused-ring (bicyclic) bond motifs is 2. The van der Waals surface area contributed by atoms with Gasteiger partial charge in [0.25, 0.3) is 5.91 Å². The van der Waals surface area contributed by atoms with Crippen LogP contribution in [0, 0.1) is 11.7 Å². The van der Waals surface area contributed by atoms with Gasteiger partial charge >= 0.3 is 5.97 Å². The third-order valence-corrected chi connectivity index (χ3v) is 8.75. The van der Waals surface area contributed by atoms with Crippen LogP contribution in [-0.4, -0.2) is 56.1 Å². The number of aryl methyl sites for hydroxylation is 1. The maximum absolute atomic E-state index is 15.3. The van der Waals surface area contributed by atoms with Gasteiger partial charge in [-0.1, -0.05) is 14.4 Å². The van der Waals surface area contributed by atoms with E-state index in [1.165, 1.54) is 16.5 Å². The molecule has 0 spiro atoms. The van der Waals surface area contributed by atoms with Crippen LogP contribution < -0.4 is 4.90 Å². The first-order valence-corrected chi connectivity index (χ1v) is 13.8. The first-order valence-electron chi connectivity index (χ1n) is 12.9. The lowest BCUT2D eigenvalue weighted by Gasteiger charge is -2.33. The van der Waals surface area contributed by atoms with Gasteiger partial charge < -0.3 is 14.9 Å². The number of carbonyl (C=O) groups excluding carboxylic acids is 1. The molecule has 212 valence electrons. The Morgan fingerprint density at radius 2 is 1.98 bits per heavy atom. The maximum atomic E-state index is 15.3. The standard InChI is InChI=1S/C28H28FN5O3S.CH4.H2S/c1-3-18-13-24(27(35)33-10-7-25-20(16(33)2)8-11-38-25)30-26-14-23(31-34(18)26)21-5-4-19(12-22(21)29)32-9-6-17(15-32)28(36)37;;/h4-5,8,11-14,16-17H,3,6-7,9-10,15H2,1-2H3,(H,36,37);1H4;1H2/t16?,17-;;/m0../s1. The summed E-state index contributed by atoms with van der Waals surface area (Å²) in [7, 11) is 0. The molecule has 2 aliphatic heterocycles. The highest BCUT2D eigenvalue weighted by molar-refractivity contribution is 7.59. The van der Waals surface area contributed by atoms with Crippen molar-refractivity contribution in [2.75, 3.05) is 24.5 Å². The SMILES string of the molecule is C.CCc1cc(C(=O)N2CCc3sccc3C2C)nc2cc(-c3ccc(N4CC[C@H](C(=O)O)C4)cc3F)nn12.S. The fraction of sp³-hybridized carbons (Fsp3) is 0.379. The fourth-order valence-electron chi connectivity index (χ4n) is 5.57. The van der Waals surface area contributed by atoms with Crippen molar-refractivity contribution in [2.45, 2.75) is 46.6 Å². The van der Waals surface area contributed by atoms with Crippen molar-refractivity contribution in [3.05, 3.63) is 69.4 Å². The monoisotopic (exact) mass is 583 g/mol. The third kappa shape index (κ3) is 5.08. The highest BCUT2D eigenvalue weighted by Gasteiger charge is 2.31. The minimum Gasteiger partial charge on any atom is -0.481 e. The zero-order valence-corrected chi connectivity index (χ0v) is 23.5. The molecule has 1 unspecified atom stereocenters. The number of nitrogens with zero attached hydrogens (tertiary/aromatic N) is 5. The molecule has 8 nitrogen and oxygen atoms in total. The summed E-state index contributed by atoms with van der Waals surface area (Å²) in [6.07, 6.45) is 2.01. The number of thiophene rings is 1. The summed E-state index contributed by atoms with van der Waals surface area (Å²) < 4.78 is 16.9. The van der Waals surface area contributed by atoms with E-state index in [9.17, 15) is 14.7 Å². The quantitative estimate of drug-likeness (QED) is 0.330. The molecule has 4 aromatic rings. The summed E-state index contributed by atoms with van der Waals surface area (Å²) in [5.41, 5.74) is 4.30. The van der Waals surface area contributed by atoms with E-state index < -0.39 is 17.7 Å². The van der Waals surface area contributed by atoms with E-state index in [2.05, 4.69) is 28.5 Å². The molecule has 5 heterocycles. The van der Waals surface area contributed by atoms with Gasteiger partial charge in [-0.3, -0.25) is 9.59 Å². The number of halogens is 1. The molecular formula is C29H34FN5O3S2. The van der Waals surface area contributed by atoms with Crippen LogP contribution >= 0.6 is 24.8 Å². The van der Waals surface area contributed by atoms with E-state index in [0.717, 1.165) is 12.1 Å². The lowest BCUT2D eigenvalue weighted by atomic mass is 10.0. The van der Waals surface area contributed by atoms with Crippen molar-refractivity contribution in [2.24, 2.45) is 5.92 Å². The highest BCUT2D eigenvalue weighted by Crippen LogP contribution is 2.34. The largest absolute Gasteiger partial charge is 0.481 e. The molecule has 3 aromatic heterocycles. The topological polar surface area (TPSA) is 91.0 Å². The van der Waals surface area contributed by atoms with Crippen LogP contribution in [0.5, 0.6) is 0 Å². The van der Waals surface area contributed by atoms with Gasteiger partial charge in [0.1, 0.15) is 11.5 Å². The Hall–Kier alpha value is -3.44. The molecule has 1 N–H and O–H groups in total. The number of benzene rings is 1. The normalized spacial score (nSPS) is 18.3. The van der Waals surface area contributed by atoms with Crippen LogP contribution in [0.1, 0.15) is 60.4 Å². The maximum Gasteiger partial charge on any atom is 0.308 e. The Balaban J connectivity index is 0.00000185. The molecule has 0 aliphatic carbocycles. The number of rotatable bonds is 5. The average molecular weight is 584 g/mol. The summed E-state index contributed by atoms with van der Waals surface area (Å²) in [5.74, 6) is -1.81. The average Bonchev–Trinajstić information content (AvgIpc) is 3.67. The molecule has 1 amide bonds. The second kappa shape index (κ2) is 11.6. The van der Waals surface area contributed by atoms with Crippen LogP contribution in [0.2, 0.25) is 0 Å². The van der Waals surface area contributed by atoms with Gasteiger partial charge in [0.2, 0.25) is 0 Å². The number of hydrogen-bond acceptors (Lipinski definition) is 6. The minimum absolute atomic E-state index is 0. The van der Waals surface area contributed by atoms with E-state index in [1.807, 2.05) is 16.7 Å². The molecule has 1 fully saturated rings. The van der Waals surface area contributed by atoms with Crippen molar-refractivity contribution in [1.29, 1.82) is 0 Å². The van der Waals surface area contributed by atoms with Crippen LogP contribution in [0.25, 0.3) is 16.9 Å². The first-order chi connectivity index (χ1) is 18.3. The van der Waals surface area contributed by atoms with Crippen molar-refractivity contribution < 1.29 is 19.1 Å². The van der Waals surface area contributed by atoms with Crippen LogP contribution in [0.15, 0.2) is 41.8 Å². The molecule has 40 heavy (non-hydrogen) atoms. The molecule has 6 rings (SSSR count). The van der Waals surface area contributed by atoms with Crippen molar-refractivity contribution in [3.63, 3.8) is 0 Å². The van der Waals surface area contributed by atoms with Gasteiger partial charge in [-0.2, -0.15) is 18.6 Å². The zero-order chi connectivity index (χ0) is 26.6. The van der Waals surface area contributed by atoms with E-state index in [0.29, 0.717) is 60.8 Å². The molecule has 0 bridgehead atoms. The second-order valence-electron chi connectivity index (χ2n) is 9.94. The Kier molecular flexibility index (Phi) is 8.55. The molecule has 11 heteroatoms. The van der Waals surface area contributed by atoms with Gasteiger partial charge in [0.05, 0.1) is 17.7 Å². The number of carbonyl (C=O) groups is 2. The predicted octanol–water partition coefficient (Wildman–Crippen LogP) is 5.58. The van der Waals surface area contributed by atoms with Crippen molar-refractivity contribution in [1.82, 2.24) is 19.5 Å². The lowest BCUT2D eigenvalue weighted by Crippen LogP contribution is -2.38. The lowest BCUT2D eigenvalue weighted by molar-refractivity contribution is -0.140. The third-order valence-electron chi connectivity index (χ3n) is 7.75. The summed E-state index contributed by atoms with van der Waals surface area (Å²) in [6, 6.07) is 10.5. The molecule has 2 aliphatic rings. The van der Waals surface area contributed by atoms with Crippen molar-refractivity contribution >= 4 is 48.0 Å².